The Kier molecular flexibility index (Phi) is 7.69. The van der Waals surface area contributed by atoms with Gasteiger partial charge in [-0.05, 0) is 97.1 Å². The predicted molar refractivity (Wildman–Crippen MR) is 252 cm³/mol. The van der Waals surface area contributed by atoms with E-state index < -0.39 is 5.41 Å². The van der Waals surface area contributed by atoms with Gasteiger partial charge in [0, 0.05) is 36.9 Å². The van der Waals surface area contributed by atoms with Gasteiger partial charge >= 0.3 is 0 Å². The molecule has 10 aromatic carbocycles. The lowest BCUT2D eigenvalue weighted by Crippen LogP contribution is -2.28. The second-order valence-electron chi connectivity index (χ2n) is 15.6. The summed E-state index contributed by atoms with van der Waals surface area (Å²) in [5, 5.41) is 7.57. The normalized spacial score (nSPS) is 12.9. The van der Waals surface area contributed by atoms with Crippen LogP contribution >= 0.6 is 11.3 Å². The number of fused-ring (bicyclic) bond motifs is 9. The summed E-state index contributed by atoms with van der Waals surface area (Å²) in [4.78, 5) is 2.49. The van der Waals surface area contributed by atoms with Gasteiger partial charge in [-0.1, -0.05) is 188 Å². The lowest BCUT2D eigenvalue weighted by molar-refractivity contribution is 0.768. The number of nitrogens with zero attached hydrogens (tertiary/aromatic N) is 1. The zero-order chi connectivity index (χ0) is 38.9. The average Bonchev–Trinajstić information content (AvgIpc) is 3.84. The van der Waals surface area contributed by atoms with Gasteiger partial charge in [-0.3, -0.25) is 0 Å². The van der Waals surface area contributed by atoms with Crippen molar-refractivity contribution in [2.45, 2.75) is 5.41 Å². The zero-order valence-corrected chi connectivity index (χ0v) is 33.0. The molecule has 0 aliphatic heterocycles. The van der Waals surface area contributed by atoms with Gasteiger partial charge in [0.05, 0.1) is 11.1 Å². The standard InChI is InChI=1S/C57H37NS/c1-3-17-41(18-4-1)57(42-19-5-2-6-20-42)51-26-11-9-22-47(51)48-36-35-44(37-52(48)57)58(53-27-13-16-40-30-29-38-15-7-8-21-45(38)55(40)53)43-33-31-39(32-34-43)46-24-14-25-50-49-23-10-12-28-54(49)59-56(46)50/h1-37H. The summed E-state index contributed by atoms with van der Waals surface area (Å²) in [6.45, 7) is 0. The van der Waals surface area contributed by atoms with Crippen molar-refractivity contribution in [2.75, 3.05) is 4.90 Å². The third-order valence-electron chi connectivity index (χ3n) is 12.5. The Balaban J connectivity index is 1.11. The summed E-state index contributed by atoms with van der Waals surface area (Å²) in [6.07, 6.45) is 0. The van der Waals surface area contributed by atoms with E-state index in [1.807, 2.05) is 11.3 Å². The number of anilines is 3. The molecule has 2 heteroatoms. The van der Waals surface area contributed by atoms with Gasteiger partial charge in [-0.2, -0.15) is 0 Å². The molecule has 276 valence electrons. The van der Waals surface area contributed by atoms with Crippen molar-refractivity contribution < 1.29 is 0 Å². The van der Waals surface area contributed by atoms with Crippen LogP contribution in [0.25, 0.3) is 64.0 Å². The monoisotopic (exact) mass is 767 g/mol. The first-order chi connectivity index (χ1) is 29.3. The summed E-state index contributed by atoms with van der Waals surface area (Å²) in [7, 11) is 0. The topological polar surface area (TPSA) is 3.24 Å². The second kappa shape index (κ2) is 13.4. The van der Waals surface area contributed by atoms with Gasteiger partial charge in [-0.25, -0.2) is 0 Å². The minimum Gasteiger partial charge on any atom is -0.310 e. The summed E-state index contributed by atoms with van der Waals surface area (Å²) in [6, 6.07) is 83.1. The molecule has 0 unspecified atom stereocenters. The first-order valence-electron chi connectivity index (χ1n) is 20.3. The maximum absolute atomic E-state index is 2.49. The maximum atomic E-state index is 2.49. The summed E-state index contributed by atoms with van der Waals surface area (Å²) < 4.78 is 2.65. The van der Waals surface area contributed by atoms with Gasteiger partial charge in [0.2, 0.25) is 0 Å². The third kappa shape index (κ3) is 5.10. The molecule has 0 amide bonds. The predicted octanol–water partition coefficient (Wildman–Crippen LogP) is 15.9. The van der Waals surface area contributed by atoms with Crippen molar-refractivity contribution in [3.05, 3.63) is 247 Å². The number of benzene rings is 10. The molecule has 1 nitrogen and oxygen atoms in total. The smallest absolute Gasteiger partial charge is 0.0714 e. The average molecular weight is 768 g/mol. The molecule has 1 aliphatic rings. The quantitative estimate of drug-likeness (QED) is 0.152. The molecule has 11 aromatic rings. The summed E-state index contributed by atoms with van der Waals surface area (Å²) in [5.74, 6) is 0. The molecule has 0 spiro atoms. The molecule has 0 saturated carbocycles. The number of thiophene rings is 1. The van der Waals surface area contributed by atoms with Crippen LogP contribution in [-0.2, 0) is 5.41 Å². The first-order valence-corrected chi connectivity index (χ1v) is 21.2. The van der Waals surface area contributed by atoms with Crippen molar-refractivity contribution in [3.8, 4) is 22.3 Å². The molecule has 12 rings (SSSR count). The molecule has 1 aliphatic carbocycles. The molecular weight excluding hydrogens is 731 g/mol. The molecular formula is C57H37NS. The largest absolute Gasteiger partial charge is 0.310 e. The van der Waals surface area contributed by atoms with Crippen LogP contribution < -0.4 is 4.90 Å². The number of hydrogen-bond acceptors (Lipinski definition) is 2. The van der Waals surface area contributed by atoms with E-state index in [0.29, 0.717) is 0 Å². The Bertz CT molecular complexity index is 3340. The lowest BCUT2D eigenvalue weighted by Gasteiger charge is -2.35. The number of hydrogen-bond donors (Lipinski definition) is 0. The third-order valence-corrected chi connectivity index (χ3v) is 13.7. The van der Waals surface area contributed by atoms with Crippen LogP contribution in [0.3, 0.4) is 0 Å². The molecule has 1 aromatic heterocycles. The van der Waals surface area contributed by atoms with Gasteiger partial charge in [-0.15, -0.1) is 11.3 Å². The van der Waals surface area contributed by atoms with E-state index >= 15 is 0 Å². The van der Waals surface area contributed by atoms with E-state index in [2.05, 4.69) is 229 Å². The van der Waals surface area contributed by atoms with Crippen LogP contribution in [0.2, 0.25) is 0 Å². The SMILES string of the molecule is c1ccc(C2(c3ccccc3)c3ccccc3-c3ccc(N(c4ccc(-c5cccc6c5sc5ccccc56)cc4)c4cccc5ccc6ccccc6c45)cc32)cc1. The van der Waals surface area contributed by atoms with E-state index in [1.54, 1.807) is 0 Å². The molecule has 0 N–H and O–H groups in total. The van der Waals surface area contributed by atoms with Crippen LogP contribution in [0.4, 0.5) is 17.1 Å². The van der Waals surface area contributed by atoms with Crippen molar-refractivity contribution in [1.82, 2.24) is 0 Å². The molecule has 1 heterocycles. The molecule has 59 heavy (non-hydrogen) atoms. The maximum Gasteiger partial charge on any atom is 0.0714 e. The van der Waals surface area contributed by atoms with Crippen molar-refractivity contribution in [3.63, 3.8) is 0 Å². The fraction of sp³-hybridized carbons (Fsp3) is 0.0175. The van der Waals surface area contributed by atoms with E-state index in [9.17, 15) is 0 Å². The van der Waals surface area contributed by atoms with E-state index in [1.165, 1.54) is 86.2 Å². The van der Waals surface area contributed by atoms with E-state index in [0.717, 1.165) is 17.1 Å². The number of rotatable bonds is 6. The minimum absolute atomic E-state index is 0.506. The Morgan fingerprint density at radius 3 is 1.78 bits per heavy atom. The fourth-order valence-electron chi connectivity index (χ4n) is 9.99. The summed E-state index contributed by atoms with van der Waals surface area (Å²) in [5.41, 5.74) is 13.0. The van der Waals surface area contributed by atoms with Crippen molar-refractivity contribution >= 4 is 70.1 Å². The van der Waals surface area contributed by atoms with Gasteiger partial charge in [0.15, 0.2) is 0 Å². The highest BCUT2D eigenvalue weighted by Crippen LogP contribution is 2.57. The van der Waals surface area contributed by atoms with Crippen molar-refractivity contribution in [1.29, 1.82) is 0 Å². The molecule has 0 bridgehead atoms. The molecule has 0 fully saturated rings. The zero-order valence-electron chi connectivity index (χ0n) is 32.2. The highest BCUT2D eigenvalue weighted by Gasteiger charge is 2.46. The Morgan fingerprint density at radius 2 is 0.966 bits per heavy atom. The van der Waals surface area contributed by atoms with Gasteiger partial charge in [0.25, 0.3) is 0 Å². The van der Waals surface area contributed by atoms with Gasteiger partial charge in [0.1, 0.15) is 0 Å². The van der Waals surface area contributed by atoms with Crippen molar-refractivity contribution in [2.24, 2.45) is 0 Å². The molecule has 0 saturated heterocycles. The van der Waals surface area contributed by atoms with E-state index in [4.69, 9.17) is 0 Å². The Labute approximate surface area is 347 Å². The first kappa shape index (κ1) is 33.8. The van der Waals surface area contributed by atoms with Crippen LogP contribution in [0.1, 0.15) is 22.3 Å². The van der Waals surface area contributed by atoms with E-state index in [-0.39, 0.29) is 0 Å². The molecule has 0 atom stereocenters. The van der Waals surface area contributed by atoms with Crippen LogP contribution in [0.5, 0.6) is 0 Å². The summed E-state index contributed by atoms with van der Waals surface area (Å²) >= 11 is 1.88. The van der Waals surface area contributed by atoms with Crippen LogP contribution in [-0.4, -0.2) is 0 Å². The minimum atomic E-state index is -0.506. The van der Waals surface area contributed by atoms with Crippen LogP contribution in [0.15, 0.2) is 224 Å². The second-order valence-corrected chi connectivity index (χ2v) is 16.6. The Hall–Kier alpha value is -7.26. The Morgan fingerprint density at radius 1 is 0.373 bits per heavy atom. The highest BCUT2D eigenvalue weighted by atomic mass is 32.1. The fourth-order valence-corrected chi connectivity index (χ4v) is 11.2. The lowest BCUT2D eigenvalue weighted by atomic mass is 9.67. The highest BCUT2D eigenvalue weighted by molar-refractivity contribution is 7.26. The van der Waals surface area contributed by atoms with Gasteiger partial charge < -0.3 is 4.90 Å². The molecule has 0 radical (unpaired) electrons. The van der Waals surface area contributed by atoms with Crippen LogP contribution in [0, 0.1) is 0 Å².